The van der Waals surface area contributed by atoms with Crippen molar-refractivity contribution in [2.75, 3.05) is 26.2 Å². The van der Waals surface area contributed by atoms with Gasteiger partial charge in [-0.05, 0) is 130 Å². The van der Waals surface area contributed by atoms with Gasteiger partial charge >= 0.3 is 18.0 Å². The molecule has 1 aliphatic heterocycles. The molecule has 5 aliphatic carbocycles. The van der Waals surface area contributed by atoms with Crippen LogP contribution in [0.5, 0.6) is 0 Å². The highest BCUT2D eigenvalue weighted by molar-refractivity contribution is 6.02. The Morgan fingerprint density at radius 2 is 1.52 bits per heavy atom. The lowest BCUT2D eigenvalue weighted by Gasteiger charge is -2.72. The molecule has 8 atom stereocenters. The summed E-state index contributed by atoms with van der Waals surface area (Å²) < 4.78 is 6.17. The number of hydrogen-bond donors (Lipinski definition) is 2. The molecule has 6 rings (SSSR count). The van der Waals surface area contributed by atoms with Gasteiger partial charge in [-0.25, -0.2) is 4.79 Å². The third-order valence-corrected chi connectivity index (χ3v) is 16.5. The zero-order valence-corrected chi connectivity index (χ0v) is 34.2. The SMILES string of the molecule is CC(C)C1=C2[C@H]3CC[C@@H]4[C@@]5(C)CC[C@H](OC(=O)CC(C)(C)C(=O)O)C(C)(C)[C@@H]5CC[C@@]4(C)[C@]3(C)CC[C@@]2(NC(=O)N2CCN(C(C)C)CC2)CC1=O. The molecule has 0 unspecified atom stereocenters. The Kier molecular flexibility index (Phi) is 9.91. The van der Waals surface area contributed by atoms with Crippen molar-refractivity contribution in [3.8, 4) is 0 Å². The highest BCUT2D eigenvalue weighted by atomic mass is 16.5. The lowest BCUT2D eigenvalue weighted by atomic mass is 9.33. The van der Waals surface area contributed by atoms with Crippen molar-refractivity contribution in [2.45, 2.75) is 158 Å². The quantitative estimate of drug-likeness (QED) is 0.257. The smallest absolute Gasteiger partial charge is 0.318 e. The lowest BCUT2D eigenvalue weighted by Crippen LogP contribution is -2.68. The van der Waals surface area contributed by atoms with E-state index in [0.717, 1.165) is 70.0 Å². The average molecular weight is 724 g/mol. The van der Waals surface area contributed by atoms with Gasteiger partial charge in [-0.15, -0.1) is 0 Å². The van der Waals surface area contributed by atoms with Gasteiger partial charge < -0.3 is 20.1 Å². The molecular weight excluding hydrogens is 654 g/mol. The van der Waals surface area contributed by atoms with Gasteiger partial charge in [-0.2, -0.15) is 0 Å². The van der Waals surface area contributed by atoms with E-state index in [2.05, 4.69) is 72.5 Å². The maximum Gasteiger partial charge on any atom is 0.318 e. The summed E-state index contributed by atoms with van der Waals surface area (Å²) in [4.78, 5) is 57.3. The molecule has 2 amide bonds. The number of nitrogens with zero attached hydrogens (tertiary/aromatic N) is 2. The van der Waals surface area contributed by atoms with E-state index in [1.54, 1.807) is 13.8 Å². The number of amides is 2. The maximum atomic E-state index is 14.1. The van der Waals surface area contributed by atoms with Gasteiger partial charge in [-0.1, -0.05) is 48.5 Å². The van der Waals surface area contributed by atoms with Crippen LogP contribution in [0.2, 0.25) is 0 Å². The van der Waals surface area contributed by atoms with Crippen LogP contribution in [0.15, 0.2) is 11.1 Å². The molecule has 6 aliphatic rings. The Hall–Kier alpha value is -2.42. The number of urea groups is 1. The molecule has 1 saturated heterocycles. The maximum absolute atomic E-state index is 14.1. The molecule has 1 heterocycles. The van der Waals surface area contributed by atoms with E-state index < -0.39 is 22.9 Å². The molecule has 0 radical (unpaired) electrons. The molecular formula is C43H69N3O6. The van der Waals surface area contributed by atoms with Crippen molar-refractivity contribution in [1.82, 2.24) is 15.1 Å². The fourth-order valence-corrected chi connectivity index (χ4v) is 13.3. The van der Waals surface area contributed by atoms with E-state index in [0.29, 0.717) is 37.4 Å². The Balaban J connectivity index is 1.26. The van der Waals surface area contributed by atoms with Gasteiger partial charge in [0.1, 0.15) is 6.10 Å². The predicted molar refractivity (Wildman–Crippen MR) is 202 cm³/mol. The van der Waals surface area contributed by atoms with E-state index in [1.165, 1.54) is 5.57 Å². The number of nitrogens with one attached hydrogen (secondary N) is 1. The minimum absolute atomic E-state index is 0.0125. The molecule has 0 aromatic heterocycles. The Morgan fingerprint density at radius 1 is 0.865 bits per heavy atom. The van der Waals surface area contributed by atoms with Crippen molar-refractivity contribution in [3.63, 3.8) is 0 Å². The topological polar surface area (TPSA) is 116 Å². The third-order valence-electron chi connectivity index (χ3n) is 16.5. The summed E-state index contributed by atoms with van der Waals surface area (Å²) in [6, 6.07) is 0.451. The first-order valence-corrected chi connectivity index (χ1v) is 20.6. The van der Waals surface area contributed by atoms with Crippen molar-refractivity contribution < 1.29 is 29.0 Å². The van der Waals surface area contributed by atoms with Crippen molar-refractivity contribution in [1.29, 1.82) is 0 Å². The summed E-state index contributed by atoms with van der Waals surface area (Å²) >= 11 is 0. The summed E-state index contributed by atoms with van der Waals surface area (Å²) in [6.45, 7) is 27.2. The number of carboxylic acid groups (broad SMARTS) is 1. The molecule has 0 bridgehead atoms. The van der Waals surface area contributed by atoms with Crippen LogP contribution < -0.4 is 5.32 Å². The zero-order valence-electron chi connectivity index (χ0n) is 34.2. The van der Waals surface area contributed by atoms with E-state index in [-0.39, 0.29) is 57.8 Å². The van der Waals surface area contributed by atoms with Crippen molar-refractivity contribution >= 4 is 23.8 Å². The van der Waals surface area contributed by atoms with Crippen LogP contribution in [-0.4, -0.2) is 82.5 Å². The first kappa shape index (κ1) is 39.3. The number of hydrogen-bond acceptors (Lipinski definition) is 6. The van der Waals surface area contributed by atoms with Gasteiger partial charge in [0.05, 0.1) is 17.4 Å². The number of carbonyl (C=O) groups excluding carboxylic acids is 3. The van der Waals surface area contributed by atoms with Crippen LogP contribution in [0.3, 0.4) is 0 Å². The van der Waals surface area contributed by atoms with Gasteiger partial charge in [0.2, 0.25) is 0 Å². The third kappa shape index (κ3) is 5.96. The Labute approximate surface area is 313 Å². The number of esters is 1. The lowest BCUT2D eigenvalue weighted by molar-refractivity contribution is -0.232. The monoisotopic (exact) mass is 724 g/mol. The number of Topliss-reactive ketones (excluding diaryl/α,β-unsaturated/α-hetero) is 1. The molecule has 0 aromatic carbocycles. The largest absolute Gasteiger partial charge is 0.481 e. The van der Waals surface area contributed by atoms with E-state index in [9.17, 15) is 24.3 Å². The first-order chi connectivity index (χ1) is 24.0. The highest BCUT2D eigenvalue weighted by Crippen LogP contribution is 2.76. The number of carbonyl (C=O) groups is 4. The van der Waals surface area contributed by atoms with Crippen molar-refractivity contribution in [3.05, 3.63) is 11.1 Å². The normalized spacial score (nSPS) is 39.1. The highest BCUT2D eigenvalue weighted by Gasteiger charge is 2.70. The molecule has 0 aromatic rings. The van der Waals surface area contributed by atoms with Crippen LogP contribution in [0, 0.1) is 50.7 Å². The predicted octanol–water partition coefficient (Wildman–Crippen LogP) is 7.87. The van der Waals surface area contributed by atoms with E-state index >= 15 is 0 Å². The second-order valence-corrected chi connectivity index (χ2v) is 20.5. The molecule has 9 nitrogen and oxygen atoms in total. The number of fused-ring (bicyclic) bond motifs is 7. The summed E-state index contributed by atoms with van der Waals surface area (Å²) in [7, 11) is 0. The van der Waals surface area contributed by atoms with E-state index in [4.69, 9.17) is 4.74 Å². The molecule has 9 heteroatoms. The Morgan fingerprint density at radius 3 is 2.12 bits per heavy atom. The minimum atomic E-state index is -1.16. The number of ether oxygens (including phenoxy) is 1. The molecule has 292 valence electrons. The van der Waals surface area contributed by atoms with Crippen molar-refractivity contribution in [2.24, 2.45) is 50.7 Å². The fourth-order valence-electron chi connectivity index (χ4n) is 13.3. The summed E-state index contributed by atoms with van der Waals surface area (Å²) in [5.41, 5.74) is 0.343. The molecule has 4 saturated carbocycles. The summed E-state index contributed by atoms with van der Waals surface area (Å²) in [6.07, 6.45) is 7.79. The van der Waals surface area contributed by atoms with Crippen LogP contribution in [0.1, 0.15) is 140 Å². The van der Waals surface area contributed by atoms with Crippen LogP contribution in [0.25, 0.3) is 0 Å². The first-order valence-electron chi connectivity index (χ1n) is 20.6. The number of allylic oxidation sites excluding steroid dienone is 1. The standard InChI is InChI=1S/C43H69N3O6/c1-26(2)34-29(47)24-43(44-37(51)46-22-20-45(21-23-46)27(3)4)19-18-41(10)28(35(34)43)12-13-31-40(9)16-15-32(52-33(48)25-38(5,6)36(49)50)39(7,8)30(40)14-17-42(31,41)11/h26-28,30-32H,12-25H2,1-11H3,(H,44,51)(H,49,50)/t28-,30+,31-,32+,40+,41-,42-,43-/m1/s1. The summed E-state index contributed by atoms with van der Waals surface area (Å²) in [5.74, 6) is 0.0261. The van der Waals surface area contributed by atoms with Crippen LogP contribution in [-0.2, 0) is 19.1 Å². The number of ketones is 1. The van der Waals surface area contributed by atoms with Gasteiger partial charge in [0, 0.05) is 44.1 Å². The molecule has 2 N–H and O–H groups in total. The number of aliphatic carboxylic acids is 1. The molecule has 5 fully saturated rings. The summed E-state index contributed by atoms with van der Waals surface area (Å²) in [5, 5.41) is 13.2. The van der Waals surface area contributed by atoms with Gasteiger partial charge in [0.15, 0.2) is 5.78 Å². The number of carboxylic acids is 1. The van der Waals surface area contributed by atoms with Crippen LogP contribution in [0.4, 0.5) is 4.79 Å². The van der Waals surface area contributed by atoms with E-state index in [1.807, 2.05) is 4.90 Å². The van der Waals surface area contributed by atoms with Gasteiger partial charge in [0.25, 0.3) is 0 Å². The second-order valence-electron chi connectivity index (χ2n) is 20.5. The number of rotatable bonds is 7. The van der Waals surface area contributed by atoms with Gasteiger partial charge in [-0.3, -0.25) is 19.3 Å². The fraction of sp³-hybridized carbons (Fsp3) is 0.860. The zero-order chi connectivity index (χ0) is 38.4. The molecule has 0 spiro atoms. The molecule has 52 heavy (non-hydrogen) atoms. The van der Waals surface area contributed by atoms with Crippen LogP contribution >= 0.6 is 0 Å². The average Bonchev–Trinajstić information content (AvgIpc) is 3.34. The minimum Gasteiger partial charge on any atom is -0.481 e. The Bertz CT molecular complexity index is 1510. The second kappa shape index (κ2) is 13.1. The number of piperazine rings is 1.